The van der Waals surface area contributed by atoms with Gasteiger partial charge in [0.05, 0.1) is 24.8 Å². The fourth-order valence-electron chi connectivity index (χ4n) is 3.91. The van der Waals surface area contributed by atoms with Crippen LogP contribution in [0.4, 0.5) is 11.4 Å². The van der Waals surface area contributed by atoms with Crippen LogP contribution in [-0.4, -0.2) is 25.0 Å². The van der Waals surface area contributed by atoms with Crippen LogP contribution in [0.25, 0.3) is 6.08 Å². The molecule has 1 unspecified atom stereocenters. The SMILES string of the molecule is COc1ccc(N2C(=O)[C@@H](CCC(=O)NNc3ccccc3)C2/C=C/c2ccccc2)cc1. The van der Waals surface area contributed by atoms with Gasteiger partial charge in [-0.15, -0.1) is 0 Å². The van der Waals surface area contributed by atoms with E-state index in [4.69, 9.17) is 4.74 Å². The van der Waals surface area contributed by atoms with Crippen molar-refractivity contribution in [1.29, 1.82) is 0 Å². The molecule has 1 aliphatic heterocycles. The molecule has 2 atom stereocenters. The monoisotopic (exact) mass is 441 g/mol. The number of anilines is 2. The minimum Gasteiger partial charge on any atom is -0.497 e. The van der Waals surface area contributed by atoms with Gasteiger partial charge in [0.1, 0.15) is 5.75 Å². The summed E-state index contributed by atoms with van der Waals surface area (Å²) in [4.78, 5) is 27.2. The number of benzene rings is 3. The average Bonchev–Trinajstić information content (AvgIpc) is 2.87. The van der Waals surface area contributed by atoms with Gasteiger partial charge in [-0.2, -0.15) is 0 Å². The second-order valence-corrected chi connectivity index (χ2v) is 7.85. The fourth-order valence-corrected chi connectivity index (χ4v) is 3.91. The standard InChI is InChI=1S/C27H27N3O3/c1-33-23-15-13-22(14-16-23)30-25(18-12-20-8-4-2-5-9-20)24(27(30)32)17-19-26(31)29-28-21-10-6-3-7-11-21/h2-16,18,24-25,28H,17,19H2,1H3,(H,29,31)/b18-12+/t24-,25?/m0/s1. The lowest BCUT2D eigenvalue weighted by atomic mass is 9.82. The third kappa shape index (κ3) is 5.41. The molecule has 33 heavy (non-hydrogen) atoms. The van der Waals surface area contributed by atoms with Gasteiger partial charge in [0.15, 0.2) is 0 Å². The molecule has 1 aliphatic rings. The number of nitrogens with zero attached hydrogens (tertiary/aromatic N) is 1. The number of methoxy groups -OCH3 is 1. The first kappa shape index (κ1) is 22.1. The van der Waals surface area contributed by atoms with E-state index in [0.29, 0.717) is 6.42 Å². The van der Waals surface area contributed by atoms with E-state index in [-0.39, 0.29) is 30.2 Å². The summed E-state index contributed by atoms with van der Waals surface area (Å²) in [7, 11) is 1.61. The Hall–Kier alpha value is -4.06. The topological polar surface area (TPSA) is 70.7 Å². The van der Waals surface area contributed by atoms with Crippen LogP contribution in [0.15, 0.2) is 91.0 Å². The molecule has 0 aromatic heterocycles. The summed E-state index contributed by atoms with van der Waals surface area (Å²) in [6.45, 7) is 0. The van der Waals surface area contributed by atoms with Crippen LogP contribution in [-0.2, 0) is 9.59 Å². The Kier molecular flexibility index (Phi) is 7.05. The highest BCUT2D eigenvalue weighted by atomic mass is 16.5. The first-order chi connectivity index (χ1) is 16.2. The molecule has 168 valence electrons. The maximum atomic E-state index is 13.0. The van der Waals surface area contributed by atoms with Gasteiger partial charge in [0, 0.05) is 12.1 Å². The number of nitrogens with one attached hydrogen (secondary N) is 2. The predicted octanol–water partition coefficient (Wildman–Crippen LogP) is 4.66. The van der Waals surface area contributed by atoms with E-state index in [1.807, 2.05) is 97.1 Å². The predicted molar refractivity (Wildman–Crippen MR) is 131 cm³/mol. The Morgan fingerprint density at radius 2 is 1.64 bits per heavy atom. The number of ether oxygens (including phenoxy) is 1. The summed E-state index contributed by atoms with van der Waals surface area (Å²) in [5.41, 5.74) is 8.28. The van der Waals surface area contributed by atoms with Gasteiger partial charge in [-0.05, 0) is 48.4 Å². The minimum atomic E-state index is -0.255. The molecular formula is C27H27N3O3. The van der Waals surface area contributed by atoms with Gasteiger partial charge < -0.3 is 9.64 Å². The summed E-state index contributed by atoms with van der Waals surface area (Å²) in [6.07, 6.45) is 4.80. The Bertz CT molecular complexity index is 1100. The molecule has 0 aliphatic carbocycles. The van der Waals surface area contributed by atoms with Gasteiger partial charge in [0.25, 0.3) is 0 Å². The molecule has 2 amide bonds. The van der Waals surface area contributed by atoms with Gasteiger partial charge in [0.2, 0.25) is 11.8 Å². The van der Waals surface area contributed by atoms with Gasteiger partial charge in [-0.3, -0.25) is 20.4 Å². The summed E-state index contributed by atoms with van der Waals surface area (Å²) in [5, 5.41) is 0. The number of carbonyl (C=O) groups excluding carboxylic acids is 2. The molecule has 3 aromatic carbocycles. The fraction of sp³-hybridized carbons (Fsp3) is 0.185. The molecule has 1 fully saturated rings. The molecule has 3 aromatic rings. The molecule has 0 saturated carbocycles. The lowest BCUT2D eigenvalue weighted by Crippen LogP contribution is -2.60. The molecule has 0 radical (unpaired) electrons. The molecule has 4 rings (SSSR count). The molecule has 2 N–H and O–H groups in total. The van der Waals surface area contributed by atoms with Crippen LogP contribution in [0.3, 0.4) is 0 Å². The number of hydrogen-bond acceptors (Lipinski definition) is 4. The molecular weight excluding hydrogens is 414 g/mol. The van der Waals surface area contributed by atoms with Crippen molar-refractivity contribution in [2.24, 2.45) is 5.92 Å². The van der Waals surface area contributed by atoms with Crippen LogP contribution in [0.2, 0.25) is 0 Å². The number of para-hydroxylation sites is 1. The molecule has 0 spiro atoms. The van der Waals surface area contributed by atoms with Crippen molar-refractivity contribution in [2.45, 2.75) is 18.9 Å². The van der Waals surface area contributed by atoms with Crippen molar-refractivity contribution in [3.8, 4) is 5.75 Å². The number of β-lactam (4-membered cyclic amide) rings is 1. The number of rotatable bonds is 9. The summed E-state index contributed by atoms with van der Waals surface area (Å²) in [6, 6.07) is 26.7. The van der Waals surface area contributed by atoms with E-state index in [9.17, 15) is 9.59 Å². The maximum absolute atomic E-state index is 13.0. The zero-order valence-corrected chi connectivity index (χ0v) is 18.5. The van der Waals surface area contributed by atoms with Crippen LogP contribution in [0.5, 0.6) is 5.75 Å². The average molecular weight is 442 g/mol. The summed E-state index contributed by atoms with van der Waals surface area (Å²) < 4.78 is 5.23. The molecule has 1 saturated heterocycles. The number of hydrogen-bond donors (Lipinski definition) is 2. The second-order valence-electron chi connectivity index (χ2n) is 7.85. The Morgan fingerprint density at radius 3 is 2.30 bits per heavy atom. The van der Waals surface area contributed by atoms with Crippen molar-refractivity contribution in [3.63, 3.8) is 0 Å². The second kappa shape index (κ2) is 10.5. The van der Waals surface area contributed by atoms with Crippen LogP contribution in [0, 0.1) is 5.92 Å². The minimum absolute atomic E-state index is 0.0201. The smallest absolute Gasteiger partial charge is 0.238 e. The highest BCUT2D eigenvalue weighted by molar-refractivity contribution is 6.04. The van der Waals surface area contributed by atoms with Gasteiger partial charge >= 0.3 is 0 Å². The maximum Gasteiger partial charge on any atom is 0.238 e. The van der Waals surface area contributed by atoms with E-state index in [2.05, 4.69) is 10.9 Å². The van der Waals surface area contributed by atoms with E-state index in [1.165, 1.54) is 0 Å². The van der Waals surface area contributed by atoms with Gasteiger partial charge in [-0.25, -0.2) is 0 Å². The molecule has 6 heteroatoms. The highest BCUT2D eigenvalue weighted by Gasteiger charge is 2.46. The quantitative estimate of drug-likeness (QED) is 0.374. The Morgan fingerprint density at radius 1 is 0.970 bits per heavy atom. The zero-order chi connectivity index (χ0) is 23.0. The number of amides is 2. The molecule has 6 nitrogen and oxygen atoms in total. The molecule has 1 heterocycles. The first-order valence-corrected chi connectivity index (χ1v) is 11.0. The van der Waals surface area contributed by atoms with Gasteiger partial charge in [-0.1, -0.05) is 60.7 Å². The lowest BCUT2D eigenvalue weighted by Gasteiger charge is -2.46. The van der Waals surface area contributed by atoms with Crippen LogP contribution in [0.1, 0.15) is 18.4 Å². The summed E-state index contributed by atoms with van der Waals surface area (Å²) in [5.74, 6) is 0.351. The lowest BCUT2D eigenvalue weighted by molar-refractivity contribution is -0.129. The molecule has 0 bridgehead atoms. The largest absolute Gasteiger partial charge is 0.497 e. The van der Waals surface area contributed by atoms with E-state index >= 15 is 0 Å². The number of hydrazine groups is 1. The summed E-state index contributed by atoms with van der Waals surface area (Å²) >= 11 is 0. The van der Waals surface area contributed by atoms with Crippen LogP contribution < -0.4 is 20.5 Å². The Labute approximate surface area is 193 Å². The highest BCUT2D eigenvalue weighted by Crippen LogP contribution is 2.37. The Balaban J connectivity index is 1.43. The van der Waals surface area contributed by atoms with Crippen molar-refractivity contribution in [1.82, 2.24) is 5.43 Å². The van der Waals surface area contributed by atoms with E-state index in [0.717, 1.165) is 22.7 Å². The van der Waals surface area contributed by atoms with Crippen LogP contribution >= 0.6 is 0 Å². The van der Waals surface area contributed by atoms with Crippen molar-refractivity contribution >= 4 is 29.3 Å². The third-order valence-corrected chi connectivity index (χ3v) is 5.70. The van der Waals surface area contributed by atoms with E-state index < -0.39 is 0 Å². The van der Waals surface area contributed by atoms with Crippen molar-refractivity contribution in [3.05, 3.63) is 96.6 Å². The van der Waals surface area contributed by atoms with Crippen molar-refractivity contribution < 1.29 is 14.3 Å². The van der Waals surface area contributed by atoms with E-state index in [1.54, 1.807) is 12.0 Å². The third-order valence-electron chi connectivity index (χ3n) is 5.70. The normalized spacial score (nSPS) is 17.5. The zero-order valence-electron chi connectivity index (χ0n) is 18.5. The number of carbonyl (C=O) groups is 2. The van der Waals surface area contributed by atoms with Crippen molar-refractivity contribution in [2.75, 3.05) is 17.4 Å². The first-order valence-electron chi connectivity index (χ1n) is 11.0.